The molecule has 3 rings (SSSR count). The van der Waals surface area contributed by atoms with Gasteiger partial charge in [0.2, 0.25) is 0 Å². The highest BCUT2D eigenvalue weighted by Gasteiger charge is 2.30. The summed E-state index contributed by atoms with van der Waals surface area (Å²) in [5.41, 5.74) is 0.565. The second kappa shape index (κ2) is 15.7. The summed E-state index contributed by atoms with van der Waals surface area (Å²) in [4.78, 5) is 25.7. The minimum atomic E-state index is -4.56. The third kappa shape index (κ3) is 10.7. The van der Waals surface area contributed by atoms with E-state index in [0.29, 0.717) is 5.75 Å². The molecule has 8 nitrogen and oxygen atoms in total. The minimum Gasteiger partial charge on any atom is -0.492 e. The van der Waals surface area contributed by atoms with Gasteiger partial charge < -0.3 is 29.5 Å². The Balaban J connectivity index is 1.59. The summed E-state index contributed by atoms with van der Waals surface area (Å²) >= 11 is 0. The van der Waals surface area contributed by atoms with E-state index in [9.17, 15) is 32.3 Å². The Morgan fingerprint density at radius 3 is 2.26 bits per heavy atom. The maximum absolute atomic E-state index is 13.1. The fraction of sp³-hybridized carbons (Fsp3) is 0.333. The van der Waals surface area contributed by atoms with Crippen LogP contribution in [0.4, 0.5) is 28.0 Å². The molecule has 0 aliphatic rings. The number of rotatable bonds is 15. The van der Waals surface area contributed by atoms with Gasteiger partial charge in [0.1, 0.15) is 18.2 Å². The van der Waals surface area contributed by atoms with Crippen molar-refractivity contribution in [1.82, 2.24) is 4.90 Å². The topological polar surface area (TPSA) is 97.3 Å². The molecule has 1 unspecified atom stereocenters. The van der Waals surface area contributed by atoms with E-state index in [1.54, 1.807) is 43.3 Å². The first-order chi connectivity index (χ1) is 20.0. The molecule has 0 spiro atoms. The van der Waals surface area contributed by atoms with Crippen LogP contribution < -0.4 is 10.1 Å². The molecular formula is C30H32F4N2O6. The van der Waals surface area contributed by atoms with Crippen LogP contribution in [-0.2, 0) is 33.5 Å². The smallest absolute Gasteiger partial charge is 0.416 e. The van der Waals surface area contributed by atoms with Crippen LogP contribution in [0.3, 0.4) is 0 Å². The number of hydrogen-bond acceptors (Lipinski definition) is 5. The lowest BCUT2D eigenvalue weighted by atomic mass is 10.1. The Morgan fingerprint density at radius 1 is 0.952 bits per heavy atom. The zero-order valence-electron chi connectivity index (χ0n) is 22.9. The van der Waals surface area contributed by atoms with Crippen molar-refractivity contribution in [3.8, 4) is 5.75 Å². The number of urea groups is 1. The first-order valence-corrected chi connectivity index (χ1v) is 13.2. The Kier molecular flexibility index (Phi) is 12.1. The van der Waals surface area contributed by atoms with Crippen molar-refractivity contribution in [2.75, 3.05) is 38.2 Å². The second-order valence-corrected chi connectivity index (χ2v) is 9.15. The van der Waals surface area contributed by atoms with Gasteiger partial charge in [-0.15, -0.1) is 0 Å². The number of aliphatic carboxylic acids is 1. The fourth-order valence-corrected chi connectivity index (χ4v) is 3.86. The lowest BCUT2D eigenvalue weighted by Crippen LogP contribution is -2.40. The summed E-state index contributed by atoms with van der Waals surface area (Å²) < 4.78 is 69.0. The summed E-state index contributed by atoms with van der Waals surface area (Å²) in [6, 6.07) is 16.2. The lowest BCUT2D eigenvalue weighted by Gasteiger charge is -2.23. The molecule has 0 radical (unpaired) electrons. The molecular weight excluding hydrogens is 560 g/mol. The van der Waals surface area contributed by atoms with Crippen LogP contribution in [0.1, 0.15) is 23.6 Å². The summed E-state index contributed by atoms with van der Waals surface area (Å²) in [7, 11) is 0. The van der Waals surface area contributed by atoms with Crippen LogP contribution in [0.15, 0.2) is 72.8 Å². The van der Waals surface area contributed by atoms with Gasteiger partial charge in [0.05, 0.1) is 25.3 Å². The van der Waals surface area contributed by atoms with Gasteiger partial charge in [0.15, 0.2) is 6.10 Å². The first-order valence-electron chi connectivity index (χ1n) is 13.2. The number of amides is 2. The van der Waals surface area contributed by atoms with Crippen molar-refractivity contribution in [1.29, 1.82) is 0 Å². The lowest BCUT2D eigenvalue weighted by molar-refractivity contribution is -0.150. The van der Waals surface area contributed by atoms with Gasteiger partial charge in [-0.05, 0) is 60.5 Å². The number of alkyl halides is 3. The number of carboxylic acid groups (broad SMARTS) is 1. The molecule has 2 amide bonds. The molecule has 3 aromatic carbocycles. The van der Waals surface area contributed by atoms with E-state index < -0.39 is 29.8 Å². The Hall–Kier alpha value is -4.16. The maximum Gasteiger partial charge on any atom is 0.416 e. The predicted octanol–water partition coefficient (Wildman–Crippen LogP) is 6.01. The number of halogens is 4. The van der Waals surface area contributed by atoms with Crippen molar-refractivity contribution >= 4 is 17.7 Å². The Labute approximate surface area is 240 Å². The van der Waals surface area contributed by atoms with E-state index in [-0.39, 0.29) is 57.4 Å². The number of nitrogens with zero attached hydrogens (tertiary/aromatic N) is 1. The number of carbonyl (C=O) groups is 2. The third-order valence-corrected chi connectivity index (χ3v) is 6.03. The average molecular weight is 593 g/mol. The van der Waals surface area contributed by atoms with E-state index in [2.05, 4.69) is 5.32 Å². The highest BCUT2D eigenvalue weighted by Crippen LogP contribution is 2.30. The Morgan fingerprint density at radius 2 is 1.62 bits per heavy atom. The number of hydrogen-bond donors (Lipinski definition) is 2. The van der Waals surface area contributed by atoms with Gasteiger partial charge in [-0.1, -0.05) is 30.3 Å². The van der Waals surface area contributed by atoms with Crippen molar-refractivity contribution in [2.45, 2.75) is 32.2 Å². The van der Waals surface area contributed by atoms with Crippen molar-refractivity contribution in [2.24, 2.45) is 0 Å². The molecule has 0 saturated carbocycles. The number of carbonyl (C=O) groups excluding carboxylic acids is 1. The molecule has 3 aromatic rings. The molecule has 12 heteroatoms. The van der Waals surface area contributed by atoms with Gasteiger partial charge in [0, 0.05) is 25.3 Å². The van der Waals surface area contributed by atoms with E-state index in [1.165, 1.54) is 29.2 Å². The average Bonchev–Trinajstić information content (AvgIpc) is 2.95. The van der Waals surface area contributed by atoms with Gasteiger partial charge in [-0.3, -0.25) is 0 Å². The standard InChI is InChI=1S/C30H32F4N2O6/c1-2-41-27(28(37)38)18-21-8-12-26(13-9-21)42-17-15-36(14-16-40-20-22-6-10-24(31)11-7-22)29(39)35-25-5-3-4-23(19-25)30(32,33)34/h3-13,19,27H,2,14-18,20H2,1H3,(H,35,39)(H,37,38). The highest BCUT2D eigenvalue weighted by atomic mass is 19.4. The molecule has 0 aromatic heterocycles. The van der Waals surface area contributed by atoms with E-state index in [1.807, 2.05) is 0 Å². The third-order valence-electron chi connectivity index (χ3n) is 6.03. The monoisotopic (exact) mass is 592 g/mol. The molecule has 1 atom stereocenters. The Bertz CT molecular complexity index is 1290. The van der Waals surface area contributed by atoms with Crippen LogP contribution in [-0.4, -0.2) is 61.0 Å². The molecule has 0 aliphatic carbocycles. The van der Waals surface area contributed by atoms with Gasteiger partial charge >= 0.3 is 18.2 Å². The fourth-order valence-electron chi connectivity index (χ4n) is 3.86. The molecule has 2 N–H and O–H groups in total. The number of nitrogens with one attached hydrogen (secondary N) is 1. The van der Waals surface area contributed by atoms with Gasteiger partial charge in [-0.2, -0.15) is 13.2 Å². The second-order valence-electron chi connectivity index (χ2n) is 9.15. The summed E-state index contributed by atoms with van der Waals surface area (Å²) in [5, 5.41) is 11.7. The number of anilines is 1. The summed E-state index contributed by atoms with van der Waals surface area (Å²) in [5.74, 6) is -0.948. The van der Waals surface area contributed by atoms with Gasteiger partial charge in [-0.25, -0.2) is 14.0 Å². The predicted molar refractivity (Wildman–Crippen MR) is 147 cm³/mol. The van der Waals surface area contributed by atoms with Crippen LogP contribution in [0.25, 0.3) is 0 Å². The maximum atomic E-state index is 13.1. The van der Waals surface area contributed by atoms with E-state index in [0.717, 1.165) is 23.3 Å². The van der Waals surface area contributed by atoms with Crippen molar-refractivity contribution in [3.63, 3.8) is 0 Å². The largest absolute Gasteiger partial charge is 0.492 e. The molecule has 0 saturated heterocycles. The highest BCUT2D eigenvalue weighted by molar-refractivity contribution is 5.89. The van der Waals surface area contributed by atoms with Crippen LogP contribution in [0, 0.1) is 5.82 Å². The molecule has 0 fully saturated rings. The molecule has 226 valence electrons. The zero-order valence-corrected chi connectivity index (χ0v) is 22.9. The molecule has 42 heavy (non-hydrogen) atoms. The number of ether oxygens (including phenoxy) is 3. The zero-order chi connectivity index (χ0) is 30.5. The summed E-state index contributed by atoms with van der Waals surface area (Å²) in [6.07, 6.45) is -5.34. The number of benzene rings is 3. The summed E-state index contributed by atoms with van der Waals surface area (Å²) in [6.45, 7) is 2.51. The number of carboxylic acids is 1. The van der Waals surface area contributed by atoms with Crippen molar-refractivity contribution in [3.05, 3.63) is 95.3 Å². The quantitative estimate of drug-likeness (QED) is 0.166. The van der Waals surface area contributed by atoms with Crippen LogP contribution in [0.2, 0.25) is 0 Å². The SMILES string of the molecule is CCOC(Cc1ccc(OCCN(CCOCc2ccc(F)cc2)C(=O)Nc2cccc(C(F)(F)F)c2)cc1)C(=O)O. The van der Waals surface area contributed by atoms with Gasteiger partial charge in [0.25, 0.3) is 0 Å². The van der Waals surface area contributed by atoms with E-state index >= 15 is 0 Å². The molecule has 0 bridgehead atoms. The minimum absolute atomic E-state index is 0.0183. The van der Waals surface area contributed by atoms with Crippen molar-refractivity contribution < 1.29 is 46.5 Å². The first kappa shape index (κ1) is 32.4. The molecule has 0 heterocycles. The van der Waals surface area contributed by atoms with Crippen LogP contribution >= 0.6 is 0 Å². The molecule has 0 aliphatic heterocycles. The van der Waals surface area contributed by atoms with Crippen LogP contribution in [0.5, 0.6) is 5.75 Å². The normalized spacial score (nSPS) is 12.0. The van der Waals surface area contributed by atoms with E-state index in [4.69, 9.17) is 14.2 Å².